The van der Waals surface area contributed by atoms with Crippen LogP contribution in [0.3, 0.4) is 0 Å². The Labute approximate surface area is 143 Å². The van der Waals surface area contributed by atoms with Gasteiger partial charge in [-0.15, -0.1) is 0 Å². The molecule has 0 radical (unpaired) electrons. The van der Waals surface area contributed by atoms with Gasteiger partial charge in [-0.2, -0.15) is 4.31 Å². The summed E-state index contributed by atoms with van der Waals surface area (Å²) in [5.41, 5.74) is 1.72. The smallest absolute Gasteiger partial charge is 0.243 e. The van der Waals surface area contributed by atoms with E-state index in [2.05, 4.69) is 30.3 Å². The van der Waals surface area contributed by atoms with Gasteiger partial charge in [-0.05, 0) is 25.1 Å². The number of imidazole rings is 1. The molecule has 1 aromatic carbocycles. The molecule has 0 aliphatic heterocycles. The molecule has 128 valence electrons. The van der Waals surface area contributed by atoms with E-state index in [-0.39, 0.29) is 0 Å². The molecule has 0 saturated carbocycles. The summed E-state index contributed by atoms with van der Waals surface area (Å²) in [4.78, 5) is 4.97. The number of thioether (sulfide) groups is 1. The Balaban J connectivity index is 2.55. The number of fused-ring (bicyclic) bond motifs is 1. The van der Waals surface area contributed by atoms with E-state index in [1.54, 1.807) is 23.9 Å². The van der Waals surface area contributed by atoms with Crippen LogP contribution in [0, 0.1) is 0 Å². The lowest BCUT2D eigenvalue weighted by Gasteiger charge is -2.18. The first-order valence-electron chi connectivity index (χ1n) is 8.02. The zero-order valence-corrected chi connectivity index (χ0v) is 16.0. The number of benzene rings is 1. The summed E-state index contributed by atoms with van der Waals surface area (Å²) in [5.74, 6) is 0. The molecule has 0 amide bonds. The molecule has 1 aromatic heterocycles. The summed E-state index contributed by atoms with van der Waals surface area (Å²) in [6, 6.07) is 5.25. The zero-order chi connectivity index (χ0) is 17.2. The maximum atomic E-state index is 12.7. The average molecular weight is 356 g/mol. The number of sulfonamides is 1. The molecule has 7 heteroatoms. The van der Waals surface area contributed by atoms with Crippen molar-refractivity contribution in [2.45, 2.75) is 56.5 Å². The number of aromatic nitrogens is 2. The van der Waals surface area contributed by atoms with Gasteiger partial charge in [-0.25, -0.2) is 13.4 Å². The summed E-state index contributed by atoms with van der Waals surface area (Å²) >= 11 is 1.70. The molecule has 0 spiro atoms. The van der Waals surface area contributed by atoms with Crippen LogP contribution in [0.4, 0.5) is 0 Å². The van der Waals surface area contributed by atoms with Crippen molar-refractivity contribution in [3.63, 3.8) is 0 Å². The van der Waals surface area contributed by atoms with Crippen LogP contribution in [0.5, 0.6) is 0 Å². The Morgan fingerprint density at radius 2 is 1.87 bits per heavy atom. The van der Waals surface area contributed by atoms with Crippen molar-refractivity contribution in [3.8, 4) is 0 Å². The van der Waals surface area contributed by atoms with E-state index >= 15 is 0 Å². The monoisotopic (exact) mass is 355 g/mol. The second-order valence-electron chi connectivity index (χ2n) is 5.55. The van der Waals surface area contributed by atoms with Crippen LogP contribution in [0.1, 0.15) is 34.6 Å². The standard InChI is InChI=1S/C16H25N3O2S2/c1-6-18(7-2)23(20,21)13-9-10-15-14(11-13)17-16(19(15)8-3)22-12(4)5/h9-12H,6-8H2,1-5H3. The fourth-order valence-electron chi connectivity index (χ4n) is 2.57. The molecule has 0 unspecified atom stereocenters. The summed E-state index contributed by atoms with van der Waals surface area (Å²) < 4.78 is 28.9. The van der Waals surface area contributed by atoms with Crippen molar-refractivity contribution < 1.29 is 8.42 Å². The predicted molar refractivity (Wildman–Crippen MR) is 96.5 cm³/mol. The Morgan fingerprint density at radius 3 is 2.39 bits per heavy atom. The summed E-state index contributed by atoms with van der Waals surface area (Å²) in [6.45, 7) is 11.8. The number of rotatable bonds is 7. The minimum Gasteiger partial charge on any atom is -0.319 e. The highest BCUT2D eigenvalue weighted by Crippen LogP contribution is 2.29. The molecule has 23 heavy (non-hydrogen) atoms. The third kappa shape index (κ3) is 3.56. The fraction of sp³-hybridized carbons (Fsp3) is 0.562. The van der Waals surface area contributed by atoms with Crippen LogP contribution < -0.4 is 0 Å². The molecule has 0 fully saturated rings. The lowest BCUT2D eigenvalue weighted by Crippen LogP contribution is -2.30. The van der Waals surface area contributed by atoms with Crippen LogP contribution >= 0.6 is 11.8 Å². The highest BCUT2D eigenvalue weighted by molar-refractivity contribution is 7.99. The second kappa shape index (κ2) is 7.23. The van der Waals surface area contributed by atoms with Gasteiger partial charge in [0.25, 0.3) is 0 Å². The zero-order valence-electron chi connectivity index (χ0n) is 14.4. The molecule has 1 heterocycles. The Bertz CT molecular complexity index is 778. The summed E-state index contributed by atoms with van der Waals surface area (Å²) in [6.07, 6.45) is 0. The Kier molecular flexibility index (Phi) is 5.75. The highest BCUT2D eigenvalue weighted by Gasteiger charge is 2.23. The maximum Gasteiger partial charge on any atom is 0.243 e. The van der Waals surface area contributed by atoms with E-state index in [0.717, 1.165) is 22.7 Å². The summed E-state index contributed by atoms with van der Waals surface area (Å²) in [5, 5.41) is 1.37. The minimum absolute atomic E-state index is 0.315. The van der Waals surface area contributed by atoms with Crippen LogP contribution in [0.25, 0.3) is 11.0 Å². The van der Waals surface area contributed by atoms with E-state index in [0.29, 0.717) is 23.2 Å². The first-order valence-corrected chi connectivity index (χ1v) is 10.3. The Hall–Kier alpha value is -1.05. The fourth-order valence-corrected chi connectivity index (χ4v) is 4.97. The van der Waals surface area contributed by atoms with Gasteiger partial charge in [0.15, 0.2) is 5.16 Å². The number of hydrogen-bond acceptors (Lipinski definition) is 4. The van der Waals surface area contributed by atoms with Gasteiger partial charge in [-0.1, -0.05) is 39.5 Å². The lowest BCUT2D eigenvalue weighted by atomic mass is 10.3. The molecule has 0 aliphatic carbocycles. The molecular weight excluding hydrogens is 330 g/mol. The van der Waals surface area contributed by atoms with Gasteiger partial charge in [0.2, 0.25) is 10.0 Å². The quantitative estimate of drug-likeness (QED) is 0.712. The van der Waals surface area contributed by atoms with Gasteiger partial charge in [-0.3, -0.25) is 0 Å². The topological polar surface area (TPSA) is 55.2 Å². The van der Waals surface area contributed by atoms with Gasteiger partial charge in [0.05, 0.1) is 15.9 Å². The van der Waals surface area contributed by atoms with Crippen molar-refractivity contribution >= 4 is 32.8 Å². The van der Waals surface area contributed by atoms with Gasteiger partial charge < -0.3 is 4.57 Å². The number of hydrogen-bond donors (Lipinski definition) is 0. The lowest BCUT2D eigenvalue weighted by molar-refractivity contribution is 0.445. The SMILES string of the molecule is CCN(CC)S(=O)(=O)c1ccc2c(c1)nc(SC(C)C)n2CC. The molecule has 2 aromatic rings. The minimum atomic E-state index is -3.45. The Morgan fingerprint density at radius 1 is 1.22 bits per heavy atom. The third-order valence-corrected chi connectivity index (χ3v) is 6.72. The first-order chi connectivity index (χ1) is 10.8. The van der Waals surface area contributed by atoms with Crippen molar-refractivity contribution in [2.75, 3.05) is 13.1 Å². The largest absolute Gasteiger partial charge is 0.319 e. The van der Waals surface area contributed by atoms with E-state index in [4.69, 9.17) is 0 Å². The molecule has 0 aliphatic rings. The predicted octanol–water partition coefficient (Wildman–Crippen LogP) is 3.59. The summed E-state index contributed by atoms with van der Waals surface area (Å²) in [7, 11) is -3.45. The van der Waals surface area contributed by atoms with Crippen molar-refractivity contribution in [2.24, 2.45) is 0 Å². The van der Waals surface area contributed by atoms with E-state index in [9.17, 15) is 8.42 Å². The van der Waals surface area contributed by atoms with Crippen LogP contribution in [0.2, 0.25) is 0 Å². The normalized spacial score (nSPS) is 12.7. The molecule has 0 bridgehead atoms. The number of aryl methyl sites for hydroxylation is 1. The van der Waals surface area contributed by atoms with Crippen molar-refractivity contribution in [3.05, 3.63) is 18.2 Å². The molecule has 5 nitrogen and oxygen atoms in total. The van der Waals surface area contributed by atoms with E-state index in [1.807, 2.05) is 19.9 Å². The molecule has 0 saturated heterocycles. The molecule has 0 atom stereocenters. The van der Waals surface area contributed by atoms with Crippen LogP contribution in [-0.2, 0) is 16.6 Å². The molecule has 2 rings (SSSR count). The first kappa shape index (κ1) is 18.3. The average Bonchev–Trinajstić information content (AvgIpc) is 2.83. The third-order valence-electron chi connectivity index (χ3n) is 3.69. The van der Waals surface area contributed by atoms with Gasteiger partial charge in [0, 0.05) is 24.9 Å². The van der Waals surface area contributed by atoms with Crippen molar-refractivity contribution in [1.29, 1.82) is 0 Å². The second-order valence-corrected chi connectivity index (χ2v) is 9.03. The van der Waals surface area contributed by atoms with Crippen LogP contribution in [0.15, 0.2) is 28.3 Å². The van der Waals surface area contributed by atoms with E-state index in [1.165, 1.54) is 4.31 Å². The highest BCUT2D eigenvalue weighted by atomic mass is 32.2. The van der Waals surface area contributed by atoms with Gasteiger partial charge >= 0.3 is 0 Å². The number of nitrogens with zero attached hydrogens (tertiary/aromatic N) is 3. The molecule has 0 N–H and O–H groups in total. The van der Waals surface area contributed by atoms with Crippen LogP contribution in [-0.4, -0.2) is 40.6 Å². The molecular formula is C16H25N3O2S2. The maximum absolute atomic E-state index is 12.7. The van der Waals surface area contributed by atoms with Gasteiger partial charge in [0.1, 0.15) is 0 Å². The van der Waals surface area contributed by atoms with E-state index < -0.39 is 10.0 Å². The van der Waals surface area contributed by atoms with Crippen molar-refractivity contribution in [1.82, 2.24) is 13.9 Å².